The first kappa shape index (κ1) is 22.2. The van der Waals surface area contributed by atoms with E-state index in [1.54, 1.807) is 31.4 Å². The summed E-state index contributed by atoms with van der Waals surface area (Å²) < 4.78 is 15.9. The summed E-state index contributed by atoms with van der Waals surface area (Å²) in [6, 6.07) is 6.65. The molecule has 0 saturated carbocycles. The van der Waals surface area contributed by atoms with Crippen LogP contribution in [0.5, 0.6) is 0 Å². The van der Waals surface area contributed by atoms with E-state index in [1.165, 1.54) is 0 Å². The highest BCUT2D eigenvalue weighted by Crippen LogP contribution is 2.17. The fourth-order valence-corrected chi connectivity index (χ4v) is 2.59. The van der Waals surface area contributed by atoms with Gasteiger partial charge in [0.1, 0.15) is 0 Å². The molecular weight excluding hydrogens is 332 g/mol. The van der Waals surface area contributed by atoms with Crippen LogP contribution in [0.15, 0.2) is 24.3 Å². The zero-order chi connectivity index (χ0) is 19.2. The van der Waals surface area contributed by atoms with Gasteiger partial charge in [0.15, 0.2) is 0 Å². The minimum absolute atomic E-state index is 0.259. The van der Waals surface area contributed by atoms with Gasteiger partial charge in [0.05, 0.1) is 24.3 Å². The molecule has 0 amide bonds. The van der Waals surface area contributed by atoms with Crippen LogP contribution in [-0.2, 0) is 14.2 Å². The van der Waals surface area contributed by atoms with Crippen molar-refractivity contribution in [3.63, 3.8) is 0 Å². The normalized spacial score (nSPS) is 11.8. The molecule has 1 rings (SSSR count). The molecule has 0 N–H and O–H groups in total. The molecule has 0 aliphatic carbocycles. The van der Waals surface area contributed by atoms with Crippen LogP contribution < -0.4 is 0 Å². The van der Waals surface area contributed by atoms with Crippen molar-refractivity contribution in [2.45, 2.75) is 52.4 Å². The molecule has 0 spiro atoms. The van der Waals surface area contributed by atoms with Crippen molar-refractivity contribution in [3.05, 3.63) is 35.4 Å². The van der Waals surface area contributed by atoms with Crippen LogP contribution in [0.1, 0.15) is 73.1 Å². The van der Waals surface area contributed by atoms with Gasteiger partial charge in [0, 0.05) is 13.7 Å². The number of methoxy groups -OCH3 is 1. The van der Waals surface area contributed by atoms with E-state index in [1.807, 2.05) is 6.92 Å². The van der Waals surface area contributed by atoms with Crippen LogP contribution >= 0.6 is 0 Å². The Morgan fingerprint density at radius 1 is 0.885 bits per heavy atom. The number of carbonyl (C=O) groups is 2. The highest BCUT2D eigenvalue weighted by molar-refractivity contribution is 6.03. The molecule has 5 nitrogen and oxygen atoms in total. The SMILES string of the molecule is CCCCOC(=O)c1ccccc1C(=O)OCC(CCCC)CCOC. The van der Waals surface area contributed by atoms with E-state index in [4.69, 9.17) is 14.2 Å². The largest absolute Gasteiger partial charge is 0.462 e. The lowest BCUT2D eigenvalue weighted by atomic mass is 10.00. The molecule has 0 aliphatic rings. The molecule has 1 aromatic rings. The molecule has 1 aromatic carbocycles. The minimum atomic E-state index is -0.480. The van der Waals surface area contributed by atoms with Gasteiger partial charge in [-0.25, -0.2) is 9.59 Å². The number of rotatable bonds is 13. The van der Waals surface area contributed by atoms with Crippen molar-refractivity contribution in [2.75, 3.05) is 26.9 Å². The molecular formula is C21H32O5. The molecule has 5 heteroatoms. The Bertz CT molecular complexity index is 533. The lowest BCUT2D eigenvalue weighted by Crippen LogP contribution is -2.19. The number of esters is 2. The summed E-state index contributed by atoms with van der Waals surface area (Å²) in [5, 5.41) is 0. The van der Waals surface area contributed by atoms with Crippen LogP contribution in [0.25, 0.3) is 0 Å². The first-order valence-corrected chi connectivity index (χ1v) is 9.56. The number of carbonyl (C=O) groups excluding carboxylic acids is 2. The quantitative estimate of drug-likeness (QED) is 0.377. The molecule has 0 heterocycles. The van der Waals surface area contributed by atoms with Gasteiger partial charge in [-0.1, -0.05) is 45.2 Å². The van der Waals surface area contributed by atoms with E-state index in [2.05, 4.69) is 6.92 Å². The molecule has 0 bridgehead atoms. The second-order valence-corrected chi connectivity index (χ2v) is 6.42. The van der Waals surface area contributed by atoms with Crippen LogP contribution in [-0.4, -0.2) is 38.9 Å². The molecule has 0 aliphatic heterocycles. The van der Waals surface area contributed by atoms with E-state index >= 15 is 0 Å². The summed E-state index contributed by atoms with van der Waals surface area (Å²) in [7, 11) is 1.67. The fraction of sp³-hybridized carbons (Fsp3) is 0.619. The summed E-state index contributed by atoms with van der Waals surface area (Å²) in [5.74, 6) is -0.692. The number of hydrogen-bond acceptors (Lipinski definition) is 5. The number of hydrogen-bond donors (Lipinski definition) is 0. The highest BCUT2D eigenvalue weighted by atomic mass is 16.5. The third-order valence-electron chi connectivity index (χ3n) is 4.24. The maximum absolute atomic E-state index is 12.5. The Balaban J connectivity index is 2.69. The van der Waals surface area contributed by atoms with Crippen molar-refractivity contribution in [1.29, 1.82) is 0 Å². The summed E-state index contributed by atoms with van der Waals surface area (Å²) in [4.78, 5) is 24.7. The Labute approximate surface area is 157 Å². The van der Waals surface area contributed by atoms with Crippen LogP contribution in [0.3, 0.4) is 0 Å². The van der Waals surface area contributed by atoms with Crippen molar-refractivity contribution < 1.29 is 23.8 Å². The van der Waals surface area contributed by atoms with Gasteiger partial charge in [0.2, 0.25) is 0 Å². The standard InChI is InChI=1S/C21H32O5/c1-4-6-10-17(13-15-24-3)16-26-21(23)19-12-9-8-11-18(19)20(22)25-14-7-5-2/h8-9,11-12,17H,4-7,10,13-16H2,1-3H3. The molecule has 0 aromatic heterocycles. The summed E-state index contributed by atoms with van der Waals surface area (Å²) in [6.45, 7) is 5.50. The predicted octanol–water partition coefficient (Wildman–Crippen LogP) is 4.64. The summed E-state index contributed by atoms with van der Waals surface area (Å²) in [5.41, 5.74) is 0.519. The van der Waals surface area contributed by atoms with Crippen LogP contribution in [0.2, 0.25) is 0 Å². The van der Waals surface area contributed by atoms with E-state index in [0.29, 0.717) is 19.8 Å². The monoisotopic (exact) mass is 364 g/mol. The van der Waals surface area contributed by atoms with Crippen LogP contribution in [0.4, 0.5) is 0 Å². The van der Waals surface area contributed by atoms with E-state index < -0.39 is 11.9 Å². The average molecular weight is 364 g/mol. The first-order chi connectivity index (χ1) is 12.6. The molecule has 0 saturated heterocycles. The van der Waals surface area contributed by atoms with Crippen molar-refractivity contribution in [3.8, 4) is 0 Å². The van der Waals surface area contributed by atoms with E-state index in [9.17, 15) is 9.59 Å². The minimum Gasteiger partial charge on any atom is -0.462 e. The molecule has 1 unspecified atom stereocenters. The Morgan fingerprint density at radius 2 is 1.50 bits per heavy atom. The van der Waals surface area contributed by atoms with Gasteiger partial charge in [0.25, 0.3) is 0 Å². The molecule has 1 atom stereocenters. The Hall–Kier alpha value is -1.88. The lowest BCUT2D eigenvalue weighted by molar-refractivity contribution is 0.0382. The fourth-order valence-electron chi connectivity index (χ4n) is 2.59. The van der Waals surface area contributed by atoms with Gasteiger partial charge in [-0.05, 0) is 37.3 Å². The third kappa shape index (κ3) is 8.00. The second kappa shape index (κ2) is 13.3. The zero-order valence-electron chi connectivity index (χ0n) is 16.3. The number of unbranched alkanes of at least 4 members (excludes halogenated alkanes) is 2. The second-order valence-electron chi connectivity index (χ2n) is 6.42. The smallest absolute Gasteiger partial charge is 0.339 e. The zero-order valence-corrected chi connectivity index (χ0v) is 16.3. The Morgan fingerprint density at radius 3 is 2.08 bits per heavy atom. The summed E-state index contributed by atoms with van der Waals surface area (Å²) in [6.07, 6.45) is 5.78. The van der Waals surface area contributed by atoms with Gasteiger partial charge < -0.3 is 14.2 Å². The summed E-state index contributed by atoms with van der Waals surface area (Å²) >= 11 is 0. The molecule has 146 valence electrons. The van der Waals surface area contributed by atoms with Crippen molar-refractivity contribution in [2.24, 2.45) is 5.92 Å². The number of benzene rings is 1. The third-order valence-corrected chi connectivity index (χ3v) is 4.24. The Kier molecular flexibility index (Phi) is 11.4. The van der Waals surface area contributed by atoms with Crippen LogP contribution in [0, 0.1) is 5.92 Å². The van der Waals surface area contributed by atoms with Gasteiger partial charge in [-0.3, -0.25) is 0 Å². The maximum atomic E-state index is 12.5. The van der Waals surface area contributed by atoms with E-state index in [-0.39, 0.29) is 17.0 Å². The number of ether oxygens (including phenoxy) is 3. The van der Waals surface area contributed by atoms with Crippen molar-refractivity contribution in [1.82, 2.24) is 0 Å². The first-order valence-electron chi connectivity index (χ1n) is 9.56. The average Bonchev–Trinajstić information content (AvgIpc) is 2.67. The highest BCUT2D eigenvalue weighted by Gasteiger charge is 2.20. The molecule has 0 fully saturated rings. The predicted molar refractivity (Wildman–Crippen MR) is 101 cm³/mol. The van der Waals surface area contributed by atoms with Crippen molar-refractivity contribution >= 4 is 11.9 Å². The maximum Gasteiger partial charge on any atom is 0.339 e. The topological polar surface area (TPSA) is 61.8 Å². The van der Waals surface area contributed by atoms with Gasteiger partial charge in [-0.2, -0.15) is 0 Å². The van der Waals surface area contributed by atoms with E-state index in [0.717, 1.165) is 38.5 Å². The van der Waals surface area contributed by atoms with Gasteiger partial charge in [-0.15, -0.1) is 0 Å². The van der Waals surface area contributed by atoms with Gasteiger partial charge >= 0.3 is 11.9 Å². The molecule has 26 heavy (non-hydrogen) atoms. The lowest BCUT2D eigenvalue weighted by Gasteiger charge is -2.17. The molecule has 0 radical (unpaired) electrons.